The van der Waals surface area contributed by atoms with Gasteiger partial charge in [-0.25, -0.2) is 0 Å². The Kier molecular flexibility index (Phi) is 11.4. The van der Waals surface area contributed by atoms with Crippen LogP contribution in [0.3, 0.4) is 0 Å². The maximum absolute atomic E-state index is 2.53. The van der Waals surface area contributed by atoms with Gasteiger partial charge in [0.15, 0.2) is 0 Å². The SMILES string of the molecule is CC(C)(C)CC(c1ccc(-c2ccc3c(c2)C2(c4ccccc4-3)c3ccccc3-c3ccc(-c4ccc(N(c5ccc(-c6ccccc6)cc5)c5ccc6c(c5)C5(c7ccccc7-c7ccccc75)c5ccccc5-6)cc4)cc32)cc1)C(C)(C)C. The van der Waals surface area contributed by atoms with Crippen LogP contribution in [0.25, 0.3) is 77.9 Å². The van der Waals surface area contributed by atoms with Gasteiger partial charge in [-0.3, -0.25) is 0 Å². The van der Waals surface area contributed by atoms with Crippen LogP contribution in [0.15, 0.2) is 279 Å². The molecule has 4 aliphatic rings. The quantitative estimate of drug-likeness (QED) is 0.147. The highest BCUT2D eigenvalue weighted by Gasteiger charge is 2.53. The Hall–Kier alpha value is -9.56. The molecule has 16 rings (SSSR count). The molecule has 12 aromatic rings. The molecule has 0 N–H and O–H groups in total. The van der Waals surface area contributed by atoms with Crippen LogP contribution in [0.5, 0.6) is 0 Å². The summed E-state index contributed by atoms with van der Waals surface area (Å²) in [4.78, 5) is 2.46. The van der Waals surface area contributed by atoms with E-state index in [-0.39, 0.29) is 10.8 Å². The van der Waals surface area contributed by atoms with Crippen molar-refractivity contribution in [3.05, 3.63) is 329 Å². The van der Waals surface area contributed by atoms with Crippen LogP contribution in [0.1, 0.15) is 104 Å². The maximum atomic E-state index is 2.53. The van der Waals surface area contributed by atoms with Crippen molar-refractivity contribution < 1.29 is 0 Å². The molecule has 0 saturated carbocycles. The molecule has 0 radical (unpaired) electrons. The summed E-state index contributed by atoms with van der Waals surface area (Å²) in [5, 5.41) is 0. The summed E-state index contributed by atoms with van der Waals surface area (Å²) in [5.41, 5.74) is 32.6. The number of benzene rings is 12. The predicted octanol–water partition coefficient (Wildman–Crippen LogP) is 22.4. The summed E-state index contributed by atoms with van der Waals surface area (Å²) in [7, 11) is 0. The number of nitrogens with zero attached hydrogens (tertiary/aromatic N) is 1. The third-order valence-electron chi connectivity index (χ3n) is 19.5. The van der Waals surface area contributed by atoms with Gasteiger partial charge in [0.1, 0.15) is 0 Å². The summed E-state index contributed by atoms with van der Waals surface area (Å²) in [6, 6.07) is 106. The lowest BCUT2D eigenvalue weighted by molar-refractivity contribution is 0.229. The zero-order valence-corrected chi connectivity index (χ0v) is 49.3. The standard InChI is InChI=1S/C84H67N/c1-81(2,3)53-80(82(4,5)6)58-34-32-56(33-35-58)59-40-47-69-66-24-13-18-30-75(66)84(77(69)50-59)76-31-19-14-25-67(76)70-48-41-60(51-78(70)84)57-38-44-62(45-39-57)85(61-42-36-55(37-43-61)54-20-8-7-9-21-54)63-46-49-71-68-26-12-17-29-74(68)83(79(71)52-63)72-27-15-10-22-64(72)65-23-11-16-28-73(65)83/h7-52,80H,53H2,1-6H3. The largest absolute Gasteiger partial charge is 0.310 e. The number of hydrogen-bond donors (Lipinski definition) is 0. The van der Waals surface area contributed by atoms with E-state index < -0.39 is 10.8 Å². The van der Waals surface area contributed by atoms with Gasteiger partial charge in [0.05, 0.1) is 10.8 Å². The van der Waals surface area contributed by atoms with Gasteiger partial charge in [0.25, 0.3) is 0 Å². The average Bonchev–Trinajstić information content (AvgIpc) is 1.54. The van der Waals surface area contributed by atoms with E-state index in [4.69, 9.17) is 0 Å². The fourth-order valence-corrected chi connectivity index (χ4v) is 15.8. The molecule has 0 amide bonds. The smallest absolute Gasteiger partial charge is 0.0726 e. The number of rotatable bonds is 8. The van der Waals surface area contributed by atoms with Crippen molar-refractivity contribution in [3.63, 3.8) is 0 Å². The Balaban J connectivity index is 0.822. The Morgan fingerprint density at radius 3 is 0.965 bits per heavy atom. The number of fused-ring (bicyclic) bond motifs is 20. The Morgan fingerprint density at radius 2 is 0.565 bits per heavy atom. The second kappa shape index (κ2) is 19.0. The second-order valence-electron chi connectivity index (χ2n) is 26.6. The molecule has 2 unspecified atom stereocenters. The molecule has 0 aliphatic heterocycles. The van der Waals surface area contributed by atoms with Crippen LogP contribution in [0, 0.1) is 10.8 Å². The topological polar surface area (TPSA) is 3.24 Å². The lowest BCUT2D eigenvalue weighted by atomic mass is 9.69. The van der Waals surface area contributed by atoms with E-state index in [1.807, 2.05) is 0 Å². The molecular formula is C84H67N. The lowest BCUT2D eigenvalue weighted by Gasteiger charge is -2.36. The second-order valence-corrected chi connectivity index (χ2v) is 26.6. The predicted molar refractivity (Wildman–Crippen MR) is 356 cm³/mol. The molecule has 2 spiro atoms. The van der Waals surface area contributed by atoms with Crippen molar-refractivity contribution in [2.75, 3.05) is 4.90 Å². The van der Waals surface area contributed by atoms with E-state index in [2.05, 4.69) is 325 Å². The first-order chi connectivity index (χ1) is 41.4. The highest BCUT2D eigenvalue weighted by atomic mass is 15.1. The van der Waals surface area contributed by atoms with E-state index in [1.165, 1.54) is 128 Å². The molecule has 0 bridgehead atoms. The van der Waals surface area contributed by atoms with Crippen LogP contribution in [-0.4, -0.2) is 0 Å². The average molecular weight is 1090 g/mol. The first kappa shape index (κ1) is 51.1. The van der Waals surface area contributed by atoms with E-state index in [9.17, 15) is 0 Å². The minimum absolute atomic E-state index is 0.152. The minimum atomic E-state index is -0.499. The van der Waals surface area contributed by atoms with Crippen molar-refractivity contribution in [2.24, 2.45) is 10.8 Å². The van der Waals surface area contributed by atoms with Crippen LogP contribution < -0.4 is 4.90 Å². The van der Waals surface area contributed by atoms with Gasteiger partial charge in [0.2, 0.25) is 0 Å². The molecule has 1 nitrogen and oxygen atoms in total. The van der Waals surface area contributed by atoms with Crippen molar-refractivity contribution in [2.45, 2.75) is 64.7 Å². The van der Waals surface area contributed by atoms with Gasteiger partial charge in [-0.15, -0.1) is 0 Å². The number of hydrogen-bond acceptors (Lipinski definition) is 1. The molecule has 408 valence electrons. The maximum Gasteiger partial charge on any atom is 0.0726 e. The monoisotopic (exact) mass is 1090 g/mol. The summed E-state index contributed by atoms with van der Waals surface area (Å²) < 4.78 is 0. The van der Waals surface area contributed by atoms with Gasteiger partial charge in [0, 0.05) is 17.1 Å². The summed E-state index contributed by atoms with van der Waals surface area (Å²) in [6.45, 7) is 14.3. The summed E-state index contributed by atoms with van der Waals surface area (Å²) in [6.07, 6.45) is 1.14. The molecule has 0 fully saturated rings. The summed E-state index contributed by atoms with van der Waals surface area (Å²) in [5.74, 6) is 0.457. The normalized spacial score (nSPS) is 15.6. The third-order valence-corrected chi connectivity index (χ3v) is 19.5. The highest BCUT2D eigenvalue weighted by molar-refractivity contribution is 5.99. The van der Waals surface area contributed by atoms with Gasteiger partial charge in [-0.2, -0.15) is 0 Å². The summed E-state index contributed by atoms with van der Waals surface area (Å²) >= 11 is 0. The van der Waals surface area contributed by atoms with E-state index >= 15 is 0 Å². The van der Waals surface area contributed by atoms with E-state index in [1.54, 1.807) is 0 Å². The Morgan fingerprint density at radius 1 is 0.271 bits per heavy atom. The Bertz CT molecular complexity index is 4550. The van der Waals surface area contributed by atoms with E-state index in [0.717, 1.165) is 23.5 Å². The minimum Gasteiger partial charge on any atom is -0.310 e. The molecule has 0 aromatic heterocycles. The van der Waals surface area contributed by atoms with Crippen LogP contribution in [-0.2, 0) is 10.8 Å². The van der Waals surface area contributed by atoms with Gasteiger partial charge >= 0.3 is 0 Å². The zero-order valence-electron chi connectivity index (χ0n) is 49.3. The van der Waals surface area contributed by atoms with Crippen molar-refractivity contribution >= 4 is 17.1 Å². The molecule has 12 aromatic carbocycles. The van der Waals surface area contributed by atoms with Crippen molar-refractivity contribution in [3.8, 4) is 77.9 Å². The van der Waals surface area contributed by atoms with Crippen LogP contribution in [0.2, 0.25) is 0 Å². The van der Waals surface area contributed by atoms with Gasteiger partial charge in [-0.1, -0.05) is 272 Å². The molecule has 0 saturated heterocycles. The van der Waals surface area contributed by atoms with Crippen LogP contribution >= 0.6 is 0 Å². The van der Waals surface area contributed by atoms with Crippen molar-refractivity contribution in [1.29, 1.82) is 0 Å². The fourth-order valence-electron chi connectivity index (χ4n) is 15.8. The lowest BCUT2D eigenvalue weighted by Crippen LogP contribution is -2.26. The molecular weight excluding hydrogens is 1020 g/mol. The molecule has 1 heteroatoms. The molecule has 85 heavy (non-hydrogen) atoms. The van der Waals surface area contributed by atoms with E-state index in [0.29, 0.717) is 5.92 Å². The first-order valence-electron chi connectivity index (χ1n) is 30.5. The fraction of sp³-hybridized carbons (Fsp3) is 0.143. The van der Waals surface area contributed by atoms with Crippen LogP contribution in [0.4, 0.5) is 17.1 Å². The third kappa shape index (κ3) is 7.69. The van der Waals surface area contributed by atoms with Gasteiger partial charge in [-0.05, 0) is 200 Å². The van der Waals surface area contributed by atoms with Crippen molar-refractivity contribution in [1.82, 2.24) is 0 Å². The zero-order chi connectivity index (χ0) is 57.4. The molecule has 0 heterocycles. The number of anilines is 3. The Labute approximate surface area is 501 Å². The molecule has 2 atom stereocenters. The van der Waals surface area contributed by atoms with Gasteiger partial charge < -0.3 is 4.90 Å². The highest BCUT2D eigenvalue weighted by Crippen LogP contribution is 2.65. The first-order valence-corrected chi connectivity index (χ1v) is 30.5. The molecule has 4 aliphatic carbocycles.